The molecule has 1 aliphatic rings. The van der Waals surface area contributed by atoms with Crippen molar-refractivity contribution in [2.75, 3.05) is 6.61 Å². The zero-order chi connectivity index (χ0) is 13.3. The van der Waals surface area contributed by atoms with Gasteiger partial charge in [0.05, 0.1) is 6.61 Å². The van der Waals surface area contributed by atoms with Crippen LogP contribution in [0.25, 0.3) is 0 Å². The van der Waals surface area contributed by atoms with E-state index >= 15 is 0 Å². The number of carbonyl (C=O) groups excluding carboxylic acids is 1. The Balaban J connectivity index is 1.57. The van der Waals surface area contributed by atoms with Gasteiger partial charge >= 0.3 is 5.97 Å². The molecular weight excluding hydrogens is 236 g/mol. The predicted molar refractivity (Wildman–Crippen MR) is 76.9 cm³/mol. The molecule has 2 heteroatoms. The molecule has 1 aliphatic carbocycles. The second kappa shape index (κ2) is 7.98. The molecule has 0 radical (unpaired) electrons. The predicted octanol–water partition coefficient (Wildman–Crippen LogP) is 4.13. The summed E-state index contributed by atoms with van der Waals surface area (Å²) in [4.78, 5) is 11.7. The van der Waals surface area contributed by atoms with Gasteiger partial charge in [-0.05, 0) is 17.9 Å². The fourth-order valence-electron chi connectivity index (χ4n) is 2.80. The summed E-state index contributed by atoms with van der Waals surface area (Å²) >= 11 is 0. The second-order valence-corrected chi connectivity index (χ2v) is 5.50. The molecule has 0 saturated heterocycles. The van der Waals surface area contributed by atoms with Crippen LogP contribution in [0.4, 0.5) is 0 Å². The highest BCUT2D eigenvalue weighted by Gasteiger charge is 2.15. The molecule has 2 rings (SSSR count). The average Bonchev–Trinajstić information content (AvgIpc) is 2.47. The number of ether oxygens (including phenoxy) is 1. The zero-order valence-corrected chi connectivity index (χ0v) is 11.6. The first kappa shape index (κ1) is 14.1. The van der Waals surface area contributed by atoms with Gasteiger partial charge in [0.1, 0.15) is 0 Å². The van der Waals surface area contributed by atoms with E-state index in [0.717, 1.165) is 18.8 Å². The Labute approximate surface area is 116 Å². The highest BCUT2D eigenvalue weighted by Crippen LogP contribution is 2.27. The molecular formula is C17H24O2. The summed E-state index contributed by atoms with van der Waals surface area (Å²) in [6.45, 7) is 0.507. The van der Waals surface area contributed by atoms with Crippen molar-refractivity contribution in [1.29, 1.82) is 0 Å². The molecule has 1 saturated carbocycles. The highest BCUT2D eigenvalue weighted by atomic mass is 16.5. The van der Waals surface area contributed by atoms with Crippen LogP contribution in [-0.2, 0) is 16.0 Å². The number of rotatable bonds is 6. The van der Waals surface area contributed by atoms with Crippen LogP contribution in [0.2, 0.25) is 0 Å². The van der Waals surface area contributed by atoms with Gasteiger partial charge in [0.25, 0.3) is 0 Å². The quantitative estimate of drug-likeness (QED) is 0.719. The van der Waals surface area contributed by atoms with E-state index in [2.05, 4.69) is 12.1 Å². The van der Waals surface area contributed by atoms with Crippen molar-refractivity contribution in [2.24, 2.45) is 5.92 Å². The summed E-state index contributed by atoms with van der Waals surface area (Å²) in [7, 11) is 0. The summed E-state index contributed by atoms with van der Waals surface area (Å²) < 4.78 is 5.30. The minimum atomic E-state index is -0.0264. The summed E-state index contributed by atoms with van der Waals surface area (Å²) in [5, 5.41) is 0. The van der Waals surface area contributed by atoms with Crippen molar-refractivity contribution in [2.45, 2.75) is 51.4 Å². The molecule has 0 amide bonds. The Morgan fingerprint density at radius 1 is 1.11 bits per heavy atom. The Morgan fingerprint density at radius 2 is 1.84 bits per heavy atom. The average molecular weight is 260 g/mol. The molecule has 0 aliphatic heterocycles. The normalized spacial score (nSPS) is 16.2. The van der Waals surface area contributed by atoms with E-state index < -0.39 is 0 Å². The van der Waals surface area contributed by atoms with Crippen molar-refractivity contribution < 1.29 is 9.53 Å². The monoisotopic (exact) mass is 260 g/mol. The van der Waals surface area contributed by atoms with Crippen molar-refractivity contribution in [3.8, 4) is 0 Å². The van der Waals surface area contributed by atoms with Gasteiger partial charge in [-0.25, -0.2) is 0 Å². The molecule has 1 aromatic rings. The third kappa shape index (κ3) is 5.46. The highest BCUT2D eigenvalue weighted by molar-refractivity contribution is 5.69. The molecule has 0 spiro atoms. The summed E-state index contributed by atoms with van der Waals surface area (Å²) in [6.07, 6.45) is 9.09. The van der Waals surface area contributed by atoms with E-state index in [-0.39, 0.29) is 5.97 Å². The van der Waals surface area contributed by atoms with Crippen LogP contribution in [0.3, 0.4) is 0 Å². The molecule has 1 fully saturated rings. The number of carbonyl (C=O) groups is 1. The molecule has 0 unspecified atom stereocenters. The van der Waals surface area contributed by atoms with Gasteiger partial charge in [-0.3, -0.25) is 4.79 Å². The second-order valence-electron chi connectivity index (χ2n) is 5.50. The summed E-state index contributed by atoms with van der Waals surface area (Å²) in [5.41, 5.74) is 1.22. The standard InChI is InChI=1S/C17H24O2/c18-17(12-11-15-7-3-1-4-8-15)19-14-13-16-9-5-2-6-10-16/h2,5-6,9-10,15H,1,3-4,7-8,11-14H2. The molecule has 0 N–H and O–H groups in total. The molecule has 19 heavy (non-hydrogen) atoms. The van der Waals surface area contributed by atoms with E-state index in [9.17, 15) is 4.79 Å². The Hall–Kier alpha value is -1.31. The Bertz CT molecular complexity index is 366. The largest absolute Gasteiger partial charge is 0.465 e. The van der Waals surface area contributed by atoms with Crippen LogP contribution in [-0.4, -0.2) is 12.6 Å². The first-order valence-electron chi connectivity index (χ1n) is 7.54. The van der Waals surface area contributed by atoms with Crippen LogP contribution in [0.5, 0.6) is 0 Å². The zero-order valence-electron chi connectivity index (χ0n) is 11.6. The third-order valence-corrected chi connectivity index (χ3v) is 3.98. The first-order chi connectivity index (χ1) is 9.34. The molecule has 1 aromatic carbocycles. The van der Waals surface area contributed by atoms with Crippen molar-refractivity contribution >= 4 is 5.97 Å². The lowest BCUT2D eigenvalue weighted by molar-refractivity contribution is -0.143. The smallest absolute Gasteiger partial charge is 0.305 e. The third-order valence-electron chi connectivity index (χ3n) is 3.98. The lowest BCUT2D eigenvalue weighted by Crippen LogP contribution is -2.12. The van der Waals surface area contributed by atoms with E-state index in [0.29, 0.717) is 13.0 Å². The first-order valence-corrected chi connectivity index (χ1v) is 7.54. The fourth-order valence-corrected chi connectivity index (χ4v) is 2.80. The van der Waals surface area contributed by atoms with Crippen LogP contribution >= 0.6 is 0 Å². The van der Waals surface area contributed by atoms with E-state index in [1.54, 1.807) is 0 Å². The molecule has 0 atom stereocenters. The SMILES string of the molecule is O=C(CCC1CCCCC1)OCCc1ccccc1. The van der Waals surface area contributed by atoms with E-state index in [1.807, 2.05) is 18.2 Å². The maximum atomic E-state index is 11.7. The lowest BCUT2D eigenvalue weighted by atomic mass is 9.86. The molecule has 0 aromatic heterocycles. The van der Waals surface area contributed by atoms with Gasteiger partial charge in [-0.1, -0.05) is 62.4 Å². The van der Waals surface area contributed by atoms with Crippen LogP contribution < -0.4 is 0 Å². The summed E-state index contributed by atoms with van der Waals surface area (Å²) in [5.74, 6) is 0.733. The molecule has 2 nitrogen and oxygen atoms in total. The number of hydrogen-bond donors (Lipinski definition) is 0. The van der Waals surface area contributed by atoms with Gasteiger partial charge in [0.2, 0.25) is 0 Å². The van der Waals surface area contributed by atoms with Gasteiger partial charge in [0.15, 0.2) is 0 Å². The van der Waals surface area contributed by atoms with E-state index in [4.69, 9.17) is 4.74 Å². The number of esters is 1. The van der Waals surface area contributed by atoms with Crippen molar-refractivity contribution in [3.63, 3.8) is 0 Å². The maximum absolute atomic E-state index is 11.7. The maximum Gasteiger partial charge on any atom is 0.305 e. The minimum Gasteiger partial charge on any atom is -0.465 e. The minimum absolute atomic E-state index is 0.0264. The van der Waals surface area contributed by atoms with Crippen LogP contribution in [0, 0.1) is 5.92 Å². The lowest BCUT2D eigenvalue weighted by Gasteiger charge is -2.20. The van der Waals surface area contributed by atoms with Gasteiger partial charge < -0.3 is 4.74 Å². The van der Waals surface area contributed by atoms with Gasteiger partial charge in [-0.2, -0.15) is 0 Å². The number of hydrogen-bond acceptors (Lipinski definition) is 2. The molecule has 0 bridgehead atoms. The topological polar surface area (TPSA) is 26.3 Å². The molecule has 0 heterocycles. The molecule has 104 valence electrons. The van der Waals surface area contributed by atoms with Gasteiger partial charge in [0, 0.05) is 12.8 Å². The van der Waals surface area contributed by atoms with Crippen molar-refractivity contribution in [3.05, 3.63) is 35.9 Å². The number of benzene rings is 1. The van der Waals surface area contributed by atoms with E-state index in [1.165, 1.54) is 37.7 Å². The fraction of sp³-hybridized carbons (Fsp3) is 0.588. The summed E-state index contributed by atoms with van der Waals surface area (Å²) in [6, 6.07) is 10.2. The van der Waals surface area contributed by atoms with Gasteiger partial charge in [-0.15, -0.1) is 0 Å². The van der Waals surface area contributed by atoms with Crippen LogP contribution in [0.15, 0.2) is 30.3 Å². The van der Waals surface area contributed by atoms with Crippen molar-refractivity contribution in [1.82, 2.24) is 0 Å². The Morgan fingerprint density at radius 3 is 2.58 bits per heavy atom. The Kier molecular flexibility index (Phi) is 5.93. The van der Waals surface area contributed by atoms with Crippen LogP contribution in [0.1, 0.15) is 50.5 Å².